The Bertz CT molecular complexity index is 749. The Morgan fingerprint density at radius 3 is 2.68 bits per heavy atom. The zero-order valence-corrected chi connectivity index (χ0v) is 12.8. The predicted molar refractivity (Wildman–Crippen MR) is 79.5 cm³/mol. The Hall–Kier alpha value is -1.33. The summed E-state index contributed by atoms with van der Waals surface area (Å²) < 4.78 is 1.81. The van der Waals surface area contributed by atoms with Crippen LogP contribution >= 0.6 is 27.5 Å². The molecule has 0 aliphatic rings. The van der Waals surface area contributed by atoms with E-state index in [0.29, 0.717) is 22.1 Å². The molecule has 0 atom stereocenters. The molecule has 0 aliphatic heterocycles. The molecule has 0 radical (unpaired) electrons. The fraction of sp³-hybridized carbons (Fsp3) is 0.231. The van der Waals surface area contributed by atoms with Gasteiger partial charge in [0.2, 0.25) is 0 Å². The summed E-state index contributed by atoms with van der Waals surface area (Å²) in [5, 5.41) is 0.109. The normalized spacial score (nSPS) is 10.7. The fourth-order valence-corrected chi connectivity index (χ4v) is 2.61. The van der Waals surface area contributed by atoms with Gasteiger partial charge in [-0.3, -0.25) is 9.78 Å². The largest absolute Gasteiger partial charge is 0.334 e. The van der Waals surface area contributed by atoms with E-state index >= 15 is 0 Å². The second kappa shape index (κ2) is 5.35. The Labute approximate surface area is 123 Å². The molecule has 1 heterocycles. The average Bonchev–Trinajstić information content (AvgIpc) is 2.34. The number of nitrogens with zero attached hydrogens (tertiary/aromatic N) is 1. The van der Waals surface area contributed by atoms with Crippen LogP contribution in [0, 0.1) is 6.92 Å². The zero-order chi connectivity index (χ0) is 14.2. The van der Waals surface area contributed by atoms with E-state index in [-0.39, 0.29) is 10.7 Å². The monoisotopic (exact) mass is 342 g/mol. The van der Waals surface area contributed by atoms with Crippen molar-refractivity contribution in [3.05, 3.63) is 59.8 Å². The van der Waals surface area contributed by atoms with Crippen molar-refractivity contribution >= 4 is 27.5 Å². The first-order valence-corrected chi connectivity index (χ1v) is 6.93. The van der Waals surface area contributed by atoms with E-state index < -0.39 is 5.69 Å². The van der Waals surface area contributed by atoms with Crippen LogP contribution in [-0.4, -0.2) is 9.55 Å². The maximum atomic E-state index is 12.3. The first-order valence-electron chi connectivity index (χ1n) is 5.76. The Balaban J connectivity index is 2.88. The summed E-state index contributed by atoms with van der Waals surface area (Å²) in [6, 6.07) is 5.39. The maximum Gasteiger partial charge on any atom is 0.334 e. The van der Waals surface area contributed by atoms with Crippen molar-refractivity contribution in [3.63, 3.8) is 0 Å². The summed E-state index contributed by atoms with van der Waals surface area (Å²) in [6.07, 6.45) is 0.456. The van der Waals surface area contributed by atoms with Gasteiger partial charge < -0.3 is 0 Å². The predicted octanol–water partition coefficient (Wildman–Crippen LogP) is 2.81. The lowest BCUT2D eigenvalue weighted by Crippen LogP contribution is -2.36. The van der Waals surface area contributed by atoms with Gasteiger partial charge in [-0.25, -0.2) is 9.36 Å². The molecule has 2 rings (SSSR count). The van der Waals surface area contributed by atoms with Gasteiger partial charge in [-0.2, -0.15) is 0 Å². The molecule has 0 aliphatic carbocycles. The van der Waals surface area contributed by atoms with Crippen LogP contribution in [0.2, 0.25) is 5.15 Å². The molecule has 1 aromatic carbocycles. The molecule has 4 nitrogen and oxygen atoms in total. The molecule has 0 amide bonds. The summed E-state index contributed by atoms with van der Waals surface area (Å²) >= 11 is 9.29. The lowest BCUT2D eigenvalue weighted by Gasteiger charge is -2.11. The molecule has 2 aromatic rings. The number of H-pyrrole nitrogens is 1. The molecule has 1 aromatic heterocycles. The van der Waals surface area contributed by atoms with Gasteiger partial charge in [0.1, 0.15) is 5.15 Å². The van der Waals surface area contributed by atoms with Crippen LogP contribution in [0.15, 0.2) is 32.3 Å². The summed E-state index contributed by atoms with van der Waals surface area (Å²) in [7, 11) is 0. The van der Waals surface area contributed by atoms with Gasteiger partial charge in [-0.05, 0) is 40.9 Å². The van der Waals surface area contributed by atoms with Gasteiger partial charge in [0, 0.05) is 4.47 Å². The highest BCUT2D eigenvalue weighted by atomic mass is 79.9. The van der Waals surface area contributed by atoms with Gasteiger partial charge in [-0.15, -0.1) is 0 Å². The first-order chi connectivity index (χ1) is 8.97. The van der Waals surface area contributed by atoms with E-state index in [1.807, 2.05) is 19.9 Å². The lowest BCUT2D eigenvalue weighted by atomic mass is 10.2. The van der Waals surface area contributed by atoms with Gasteiger partial charge in [-0.1, -0.05) is 30.7 Å². The summed E-state index contributed by atoms with van der Waals surface area (Å²) in [6.45, 7) is 3.71. The van der Waals surface area contributed by atoms with Crippen molar-refractivity contribution in [3.8, 4) is 5.69 Å². The average molecular weight is 344 g/mol. The van der Waals surface area contributed by atoms with Gasteiger partial charge >= 0.3 is 5.69 Å². The Morgan fingerprint density at radius 1 is 1.37 bits per heavy atom. The number of halogens is 2. The number of benzene rings is 1. The third-order valence-electron chi connectivity index (χ3n) is 2.91. The number of hydrogen-bond acceptors (Lipinski definition) is 2. The van der Waals surface area contributed by atoms with Crippen LogP contribution in [0.25, 0.3) is 5.69 Å². The van der Waals surface area contributed by atoms with E-state index in [1.165, 1.54) is 0 Å². The second-order valence-corrected chi connectivity index (χ2v) is 5.30. The molecule has 100 valence electrons. The minimum absolute atomic E-state index is 0.109. The van der Waals surface area contributed by atoms with Crippen molar-refractivity contribution in [1.82, 2.24) is 9.55 Å². The minimum atomic E-state index is -0.543. The minimum Gasteiger partial charge on any atom is -0.297 e. The number of rotatable bonds is 2. The zero-order valence-electron chi connectivity index (χ0n) is 10.5. The van der Waals surface area contributed by atoms with Crippen molar-refractivity contribution < 1.29 is 0 Å². The number of aromatic amines is 1. The number of hydrogen-bond donors (Lipinski definition) is 1. The summed E-state index contributed by atoms with van der Waals surface area (Å²) in [4.78, 5) is 26.8. The molecule has 1 N–H and O–H groups in total. The molecule has 0 saturated heterocycles. The molecule has 0 saturated carbocycles. The SMILES string of the molecule is CCc1c(Cl)[nH]c(=O)n(-c2cccc(C)c2Br)c1=O. The maximum absolute atomic E-state index is 12.3. The third-order valence-corrected chi connectivity index (χ3v) is 4.27. The van der Waals surface area contributed by atoms with Crippen molar-refractivity contribution in [2.45, 2.75) is 20.3 Å². The van der Waals surface area contributed by atoms with E-state index in [4.69, 9.17) is 11.6 Å². The first kappa shape index (κ1) is 14.1. The third kappa shape index (κ3) is 2.40. The summed E-state index contributed by atoms with van der Waals surface area (Å²) in [5.74, 6) is 0. The van der Waals surface area contributed by atoms with Crippen molar-refractivity contribution in [2.75, 3.05) is 0 Å². The Morgan fingerprint density at radius 2 is 2.05 bits per heavy atom. The van der Waals surface area contributed by atoms with E-state index in [9.17, 15) is 9.59 Å². The fourth-order valence-electron chi connectivity index (χ4n) is 1.88. The molecule has 6 heteroatoms. The van der Waals surface area contributed by atoms with Crippen LogP contribution in [-0.2, 0) is 6.42 Å². The molecule has 0 bridgehead atoms. The molecule has 0 fully saturated rings. The van der Waals surface area contributed by atoms with Crippen LogP contribution < -0.4 is 11.2 Å². The van der Waals surface area contributed by atoms with Crippen LogP contribution in [0.1, 0.15) is 18.1 Å². The number of aryl methyl sites for hydroxylation is 1. The van der Waals surface area contributed by atoms with Crippen molar-refractivity contribution in [1.29, 1.82) is 0 Å². The van der Waals surface area contributed by atoms with E-state index in [2.05, 4.69) is 20.9 Å². The molecule has 0 unspecified atom stereocenters. The summed E-state index contributed by atoms with van der Waals surface area (Å²) in [5.41, 5.74) is 0.921. The standard InChI is InChI=1S/C13H12BrClN2O2/c1-3-8-11(15)16-13(19)17(12(8)18)9-6-4-5-7(2)10(9)14/h4-6H,3H2,1-2H3,(H,16,19). The van der Waals surface area contributed by atoms with Gasteiger partial charge in [0.05, 0.1) is 11.3 Å². The highest BCUT2D eigenvalue weighted by Crippen LogP contribution is 2.23. The van der Waals surface area contributed by atoms with E-state index in [1.54, 1.807) is 12.1 Å². The van der Waals surface area contributed by atoms with E-state index in [0.717, 1.165) is 10.1 Å². The lowest BCUT2D eigenvalue weighted by molar-refractivity contribution is 0.838. The van der Waals surface area contributed by atoms with Crippen molar-refractivity contribution in [2.24, 2.45) is 0 Å². The Kier molecular flexibility index (Phi) is 3.96. The number of nitrogens with one attached hydrogen (secondary N) is 1. The highest BCUT2D eigenvalue weighted by molar-refractivity contribution is 9.10. The van der Waals surface area contributed by atoms with Gasteiger partial charge in [0.15, 0.2) is 0 Å². The van der Waals surface area contributed by atoms with Crippen LogP contribution in [0.5, 0.6) is 0 Å². The smallest absolute Gasteiger partial charge is 0.297 e. The van der Waals surface area contributed by atoms with Gasteiger partial charge in [0.25, 0.3) is 5.56 Å². The second-order valence-electron chi connectivity index (χ2n) is 4.12. The van der Waals surface area contributed by atoms with Crippen LogP contribution in [0.3, 0.4) is 0 Å². The quantitative estimate of drug-likeness (QED) is 0.853. The molecule has 0 spiro atoms. The molecular weight excluding hydrogens is 332 g/mol. The molecule has 19 heavy (non-hydrogen) atoms. The topological polar surface area (TPSA) is 54.9 Å². The molecular formula is C13H12BrClN2O2. The number of aromatic nitrogens is 2. The van der Waals surface area contributed by atoms with Crippen LogP contribution in [0.4, 0.5) is 0 Å². The highest BCUT2D eigenvalue weighted by Gasteiger charge is 2.15.